The number of primary amides is 1. The van der Waals surface area contributed by atoms with Crippen LogP contribution >= 0.6 is 0 Å². The number of carbonyl (C=O) groups excluding carboxylic acids is 2. The zero-order valence-electron chi connectivity index (χ0n) is 14.1. The molecule has 6 nitrogen and oxygen atoms in total. The minimum absolute atomic E-state index is 0.310. The molecular formula is C20H17N3O3. The average molecular weight is 347 g/mol. The topological polar surface area (TPSA) is 94.3 Å². The third kappa shape index (κ3) is 3.87. The standard InChI is InChI=1S/C20H17N3O3/c1-13-17(19(21)24)6-3-7-18(13)23-20(25)14-4-2-5-16(12-14)26-15-8-10-22-11-9-15/h2-12H,1H3,(H2,21,24)(H,23,25). The largest absolute Gasteiger partial charge is 0.457 e. The number of anilines is 1. The van der Waals surface area contributed by atoms with Gasteiger partial charge in [0.05, 0.1) is 0 Å². The smallest absolute Gasteiger partial charge is 0.255 e. The molecule has 1 aromatic heterocycles. The van der Waals surface area contributed by atoms with Gasteiger partial charge in [0.15, 0.2) is 0 Å². The number of nitrogens with two attached hydrogens (primary N) is 1. The quantitative estimate of drug-likeness (QED) is 0.738. The van der Waals surface area contributed by atoms with Gasteiger partial charge in [0.1, 0.15) is 11.5 Å². The molecule has 0 aliphatic heterocycles. The molecule has 0 unspecified atom stereocenters. The van der Waals surface area contributed by atoms with Gasteiger partial charge in [-0.25, -0.2) is 0 Å². The second-order valence-electron chi connectivity index (χ2n) is 5.61. The summed E-state index contributed by atoms with van der Waals surface area (Å²) in [5, 5.41) is 2.80. The van der Waals surface area contributed by atoms with E-state index in [1.54, 1.807) is 73.9 Å². The Bertz CT molecular complexity index is 956. The fourth-order valence-corrected chi connectivity index (χ4v) is 2.48. The Kier molecular flexibility index (Phi) is 4.94. The van der Waals surface area contributed by atoms with Crippen LogP contribution < -0.4 is 15.8 Å². The van der Waals surface area contributed by atoms with Gasteiger partial charge in [-0.2, -0.15) is 0 Å². The lowest BCUT2D eigenvalue weighted by molar-refractivity contribution is 0.0995. The molecule has 0 spiro atoms. The molecule has 0 fully saturated rings. The second kappa shape index (κ2) is 7.48. The minimum atomic E-state index is -0.536. The van der Waals surface area contributed by atoms with Crippen molar-refractivity contribution in [1.29, 1.82) is 0 Å². The van der Waals surface area contributed by atoms with E-state index in [2.05, 4.69) is 10.3 Å². The summed E-state index contributed by atoms with van der Waals surface area (Å²) >= 11 is 0. The zero-order chi connectivity index (χ0) is 18.5. The van der Waals surface area contributed by atoms with Crippen LogP contribution in [0, 0.1) is 6.92 Å². The van der Waals surface area contributed by atoms with E-state index < -0.39 is 5.91 Å². The van der Waals surface area contributed by atoms with Gasteiger partial charge in [0.25, 0.3) is 5.91 Å². The molecule has 0 aliphatic carbocycles. The third-order valence-corrected chi connectivity index (χ3v) is 3.83. The highest BCUT2D eigenvalue weighted by Crippen LogP contribution is 2.23. The lowest BCUT2D eigenvalue weighted by Crippen LogP contribution is -2.16. The monoisotopic (exact) mass is 347 g/mol. The van der Waals surface area contributed by atoms with Crippen LogP contribution in [0.15, 0.2) is 67.0 Å². The van der Waals surface area contributed by atoms with Crippen molar-refractivity contribution in [2.45, 2.75) is 6.92 Å². The number of benzene rings is 2. The predicted octanol–water partition coefficient (Wildman–Crippen LogP) is 3.53. The van der Waals surface area contributed by atoms with Crippen molar-refractivity contribution in [1.82, 2.24) is 4.98 Å². The van der Waals surface area contributed by atoms with Crippen molar-refractivity contribution < 1.29 is 14.3 Å². The van der Waals surface area contributed by atoms with E-state index in [4.69, 9.17) is 10.5 Å². The van der Waals surface area contributed by atoms with E-state index in [0.29, 0.717) is 33.9 Å². The number of pyridine rings is 1. The summed E-state index contributed by atoms with van der Waals surface area (Å²) in [6.45, 7) is 1.73. The summed E-state index contributed by atoms with van der Waals surface area (Å²) < 4.78 is 5.71. The molecule has 3 rings (SSSR count). The number of amides is 2. The maximum absolute atomic E-state index is 12.6. The van der Waals surface area contributed by atoms with Gasteiger partial charge < -0.3 is 15.8 Å². The fourth-order valence-electron chi connectivity index (χ4n) is 2.48. The van der Waals surface area contributed by atoms with E-state index in [1.807, 2.05) is 0 Å². The second-order valence-corrected chi connectivity index (χ2v) is 5.61. The first kappa shape index (κ1) is 17.2. The molecule has 2 amide bonds. The predicted molar refractivity (Wildman–Crippen MR) is 98.4 cm³/mol. The first-order chi connectivity index (χ1) is 12.5. The molecule has 0 aliphatic rings. The van der Waals surface area contributed by atoms with Crippen LogP contribution in [0.5, 0.6) is 11.5 Å². The number of nitrogens with zero attached hydrogens (tertiary/aromatic N) is 1. The van der Waals surface area contributed by atoms with Crippen molar-refractivity contribution >= 4 is 17.5 Å². The number of hydrogen-bond donors (Lipinski definition) is 2. The van der Waals surface area contributed by atoms with E-state index in [9.17, 15) is 9.59 Å². The fraction of sp³-hybridized carbons (Fsp3) is 0.0500. The van der Waals surface area contributed by atoms with Crippen LogP contribution in [0.3, 0.4) is 0 Å². The Morgan fingerprint density at radius 1 is 1.00 bits per heavy atom. The van der Waals surface area contributed by atoms with Crippen molar-refractivity contribution in [3.63, 3.8) is 0 Å². The Morgan fingerprint density at radius 3 is 2.46 bits per heavy atom. The van der Waals surface area contributed by atoms with Crippen molar-refractivity contribution in [3.05, 3.63) is 83.7 Å². The molecule has 0 atom stereocenters. The maximum Gasteiger partial charge on any atom is 0.255 e. The number of nitrogens with one attached hydrogen (secondary N) is 1. The lowest BCUT2D eigenvalue weighted by atomic mass is 10.1. The van der Waals surface area contributed by atoms with Gasteiger partial charge in [-0.15, -0.1) is 0 Å². The van der Waals surface area contributed by atoms with Crippen LogP contribution in [0.25, 0.3) is 0 Å². The number of rotatable bonds is 5. The first-order valence-electron chi connectivity index (χ1n) is 7.93. The molecule has 0 radical (unpaired) electrons. The molecule has 6 heteroatoms. The number of ether oxygens (including phenoxy) is 1. The third-order valence-electron chi connectivity index (χ3n) is 3.83. The van der Waals surface area contributed by atoms with Crippen LogP contribution in [0.1, 0.15) is 26.3 Å². The zero-order valence-corrected chi connectivity index (χ0v) is 14.1. The van der Waals surface area contributed by atoms with Crippen LogP contribution in [-0.2, 0) is 0 Å². The normalized spacial score (nSPS) is 10.2. The highest BCUT2D eigenvalue weighted by Gasteiger charge is 2.12. The maximum atomic E-state index is 12.6. The van der Waals surface area contributed by atoms with Crippen LogP contribution in [0.4, 0.5) is 5.69 Å². The van der Waals surface area contributed by atoms with Crippen molar-refractivity contribution in [2.24, 2.45) is 5.73 Å². The molecule has 0 saturated heterocycles. The molecule has 0 bridgehead atoms. The summed E-state index contributed by atoms with van der Waals surface area (Å²) in [6, 6.07) is 15.3. The van der Waals surface area contributed by atoms with Gasteiger partial charge in [-0.1, -0.05) is 12.1 Å². The summed E-state index contributed by atoms with van der Waals surface area (Å²) in [5.74, 6) is 0.315. The Morgan fingerprint density at radius 2 is 1.73 bits per heavy atom. The van der Waals surface area contributed by atoms with Crippen molar-refractivity contribution in [2.75, 3.05) is 5.32 Å². The Labute approximate surface area is 150 Å². The van der Waals surface area contributed by atoms with Gasteiger partial charge in [0, 0.05) is 29.2 Å². The SMILES string of the molecule is Cc1c(NC(=O)c2cccc(Oc3ccncc3)c2)cccc1C(N)=O. The van der Waals surface area contributed by atoms with Gasteiger partial charge in [-0.3, -0.25) is 14.6 Å². The van der Waals surface area contributed by atoms with Crippen LogP contribution in [0.2, 0.25) is 0 Å². The summed E-state index contributed by atoms with van der Waals surface area (Å²) in [5.41, 5.74) is 7.31. The van der Waals surface area contributed by atoms with Gasteiger partial charge in [0.2, 0.25) is 5.91 Å². The summed E-state index contributed by atoms with van der Waals surface area (Å²) in [6.07, 6.45) is 3.25. The molecule has 1 heterocycles. The lowest BCUT2D eigenvalue weighted by Gasteiger charge is -2.12. The van der Waals surface area contributed by atoms with Gasteiger partial charge >= 0.3 is 0 Å². The summed E-state index contributed by atoms with van der Waals surface area (Å²) in [7, 11) is 0. The summed E-state index contributed by atoms with van der Waals surface area (Å²) in [4.78, 5) is 27.9. The van der Waals surface area contributed by atoms with E-state index in [-0.39, 0.29) is 5.91 Å². The first-order valence-corrected chi connectivity index (χ1v) is 7.93. The number of aromatic nitrogens is 1. The molecule has 130 valence electrons. The Balaban J connectivity index is 1.80. The minimum Gasteiger partial charge on any atom is -0.457 e. The highest BCUT2D eigenvalue weighted by molar-refractivity contribution is 6.06. The molecule has 3 N–H and O–H groups in total. The van der Waals surface area contributed by atoms with Crippen molar-refractivity contribution in [3.8, 4) is 11.5 Å². The highest BCUT2D eigenvalue weighted by atomic mass is 16.5. The van der Waals surface area contributed by atoms with E-state index in [1.165, 1.54) is 0 Å². The number of hydrogen-bond acceptors (Lipinski definition) is 4. The van der Waals surface area contributed by atoms with E-state index >= 15 is 0 Å². The number of carbonyl (C=O) groups is 2. The van der Waals surface area contributed by atoms with Crippen LogP contribution in [-0.4, -0.2) is 16.8 Å². The molecular weight excluding hydrogens is 330 g/mol. The van der Waals surface area contributed by atoms with E-state index in [0.717, 1.165) is 0 Å². The Hall–Kier alpha value is -3.67. The molecule has 26 heavy (non-hydrogen) atoms. The average Bonchev–Trinajstić information content (AvgIpc) is 2.64. The molecule has 2 aromatic carbocycles. The molecule has 0 saturated carbocycles. The van der Waals surface area contributed by atoms with Gasteiger partial charge in [-0.05, 0) is 55.0 Å². The molecule has 3 aromatic rings.